The summed E-state index contributed by atoms with van der Waals surface area (Å²) in [4.78, 5) is 14.2. The van der Waals surface area contributed by atoms with E-state index in [4.69, 9.17) is 0 Å². The molecule has 0 aliphatic heterocycles. The molecule has 0 heterocycles. The zero-order valence-electron chi connectivity index (χ0n) is 13.3. The minimum atomic E-state index is -0.269. The van der Waals surface area contributed by atoms with E-state index in [2.05, 4.69) is 22.3 Å². The van der Waals surface area contributed by atoms with E-state index >= 15 is 0 Å². The number of benzene rings is 2. The Bertz CT molecular complexity index is 649. The van der Waals surface area contributed by atoms with Crippen LogP contribution >= 0.6 is 0 Å². The molecule has 0 spiro atoms. The summed E-state index contributed by atoms with van der Waals surface area (Å²) in [7, 11) is 4.06. The number of carbonyl (C=O) groups is 1. The fourth-order valence-corrected chi connectivity index (χ4v) is 2.24. The first kappa shape index (κ1) is 16.0. The number of aromatic hydroxyl groups is 1. The minimum Gasteiger partial charge on any atom is -0.507 e. The van der Waals surface area contributed by atoms with Crippen molar-refractivity contribution in [3.05, 3.63) is 64.7 Å². The summed E-state index contributed by atoms with van der Waals surface area (Å²) < 4.78 is 0. The molecule has 2 rings (SSSR count). The van der Waals surface area contributed by atoms with Crippen molar-refractivity contribution in [2.24, 2.45) is 0 Å². The number of nitrogens with zero attached hydrogens (tertiary/aromatic N) is 1. The molecule has 0 atom stereocenters. The molecule has 2 N–H and O–H groups in total. The quantitative estimate of drug-likeness (QED) is 0.892. The molecule has 0 unspecified atom stereocenters. The lowest BCUT2D eigenvalue weighted by molar-refractivity contribution is 0.0948. The first-order chi connectivity index (χ1) is 10.5. The predicted octanol–water partition coefficient (Wildman–Crippen LogP) is 2.69. The van der Waals surface area contributed by atoms with Crippen molar-refractivity contribution in [1.82, 2.24) is 10.2 Å². The van der Waals surface area contributed by atoms with E-state index in [1.54, 1.807) is 12.1 Å². The molecular weight excluding hydrogens is 276 g/mol. The van der Waals surface area contributed by atoms with Crippen molar-refractivity contribution in [3.8, 4) is 5.75 Å². The third-order valence-corrected chi connectivity index (χ3v) is 3.37. The first-order valence-corrected chi connectivity index (χ1v) is 7.26. The Morgan fingerprint density at radius 2 is 1.73 bits per heavy atom. The van der Waals surface area contributed by atoms with Crippen LogP contribution in [0.1, 0.15) is 27.0 Å². The molecule has 0 fully saturated rings. The van der Waals surface area contributed by atoms with Gasteiger partial charge in [0.05, 0.1) is 5.56 Å². The van der Waals surface area contributed by atoms with Crippen molar-refractivity contribution >= 4 is 5.91 Å². The van der Waals surface area contributed by atoms with Gasteiger partial charge in [-0.2, -0.15) is 0 Å². The van der Waals surface area contributed by atoms with E-state index in [9.17, 15) is 9.90 Å². The van der Waals surface area contributed by atoms with Gasteiger partial charge in [-0.1, -0.05) is 30.3 Å². The third-order valence-electron chi connectivity index (χ3n) is 3.37. The van der Waals surface area contributed by atoms with Crippen LogP contribution in [0.4, 0.5) is 0 Å². The fourth-order valence-electron chi connectivity index (χ4n) is 2.24. The number of phenolic OH excluding ortho intramolecular Hbond substituents is 1. The Hall–Kier alpha value is -2.33. The van der Waals surface area contributed by atoms with Crippen LogP contribution in [-0.4, -0.2) is 30.0 Å². The van der Waals surface area contributed by atoms with Gasteiger partial charge < -0.3 is 15.3 Å². The first-order valence-electron chi connectivity index (χ1n) is 7.26. The molecule has 22 heavy (non-hydrogen) atoms. The van der Waals surface area contributed by atoms with Gasteiger partial charge in [0.15, 0.2) is 0 Å². The summed E-state index contributed by atoms with van der Waals surface area (Å²) in [5.41, 5.74) is 3.49. The van der Waals surface area contributed by atoms with E-state index in [1.165, 1.54) is 5.56 Å². The lowest BCUT2D eigenvalue weighted by Gasteiger charge is -2.11. The number of hydrogen-bond donors (Lipinski definition) is 2. The Morgan fingerprint density at radius 1 is 1.09 bits per heavy atom. The second-order valence-electron chi connectivity index (χ2n) is 5.76. The van der Waals surface area contributed by atoms with Gasteiger partial charge in [0.1, 0.15) is 5.75 Å². The van der Waals surface area contributed by atoms with Crippen LogP contribution < -0.4 is 5.32 Å². The Kier molecular flexibility index (Phi) is 5.17. The highest BCUT2D eigenvalue weighted by molar-refractivity contribution is 5.96. The number of aryl methyl sites for hydroxylation is 1. The van der Waals surface area contributed by atoms with Crippen molar-refractivity contribution in [1.29, 1.82) is 0 Å². The molecule has 0 aliphatic carbocycles. The number of hydrogen-bond acceptors (Lipinski definition) is 3. The molecule has 0 saturated carbocycles. The Labute approximate surface area is 131 Å². The number of rotatable bonds is 5. The highest BCUT2D eigenvalue weighted by Crippen LogP contribution is 2.18. The third kappa shape index (κ3) is 4.33. The lowest BCUT2D eigenvalue weighted by atomic mass is 10.1. The van der Waals surface area contributed by atoms with E-state index < -0.39 is 0 Å². The van der Waals surface area contributed by atoms with Gasteiger partial charge in [0, 0.05) is 13.1 Å². The number of amides is 1. The summed E-state index contributed by atoms with van der Waals surface area (Å²) in [6.07, 6.45) is 0. The van der Waals surface area contributed by atoms with Crippen LogP contribution in [0, 0.1) is 6.92 Å². The average Bonchev–Trinajstić information content (AvgIpc) is 2.45. The van der Waals surface area contributed by atoms with Crippen molar-refractivity contribution in [2.75, 3.05) is 14.1 Å². The van der Waals surface area contributed by atoms with Gasteiger partial charge in [-0.3, -0.25) is 4.79 Å². The maximum Gasteiger partial charge on any atom is 0.255 e. The van der Waals surface area contributed by atoms with Gasteiger partial charge in [0.25, 0.3) is 5.91 Å². The normalized spacial score (nSPS) is 10.7. The molecule has 2 aromatic rings. The van der Waals surface area contributed by atoms with Crippen LogP contribution in [0.15, 0.2) is 42.5 Å². The molecular formula is C18H22N2O2. The summed E-state index contributed by atoms with van der Waals surface area (Å²) in [5, 5.41) is 12.6. The van der Waals surface area contributed by atoms with Gasteiger partial charge in [-0.25, -0.2) is 0 Å². The van der Waals surface area contributed by atoms with E-state index in [-0.39, 0.29) is 11.7 Å². The minimum absolute atomic E-state index is 0.0128. The molecule has 0 aromatic heterocycles. The summed E-state index contributed by atoms with van der Waals surface area (Å²) >= 11 is 0. The summed E-state index contributed by atoms with van der Waals surface area (Å²) in [6, 6.07) is 13.2. The molecule has 0 aliphatic rings. The van der Waals surface area contributed by atoms with Crippen LogP contribution in [0.2, 0.25) is 0 Å². The van der Waals surface area contributed by atoms with E-state index in [0.717, 1.165) is 17.7 Å². The molecule has 0 radical (unpaired) electrons. The lowest BCUT2D eigenvalue weighted by Crippen LogP contribution is -2.22. The number of nitrogens with one attached hydrogen (secondary N) is 1. The standard InChI is InChI=1S/C18H22N2O2/c1-13-4-9-16(17(21)10-13)18(22)19-11-14-5-7-15(8-6-14)12-20(2)3/h4-10,21H,11-12H2,1-3H3,(H,19,22). The van der Waals surface area contributed by atoms with Gasteiger partial charge in [-0.15, -0.1) is 0 Å². The smallest absolute Gasteiger partial charge is 0.255 e. The summed E-state index contributed by atoms with van der Waals surface area (Å²) in [5.74, 6) is -0.256. The summed E-state index contributed by atoms with van der Waals surface area (Å²) in [6.45, 7) is 3.20. The van der Waals surface area contributed by atoms with Crippen LogP contribution in [0.5, 0.6) is 5.75 Å². The molecule has 1 amide bonds. The molecule has 4 heteroatoms. The molecule has 116 valence electrons. The second-order valence-corrected chi connectivity index (χ2v) is 5.76. The fraction of sp³-hybridized carbons (Fsp3) is 0.278. The molecule has 4 nitrogen and oxygen atoms in total. The van der Waals surface area contributed by atoms with Gasteiger partial charge in [0.2, 0.25) is 0 Å². The van der Waals surface area contributed by atoms with Crippen LogP contribution in [0.25, 0.3) is 0 Å². The Morgan fingerprint density at radius 3 is 2.32 bits per heavy atom. The average molecular weight is 298 g/mol. The maximum absolute atomic E-state index is 12.1. The molecule has 0 bridgehead atoms. The number of phenols is 1. The van der Waals surface area contributed by atoms with Gasteiger partial charge in [-0.05, 0) is 49.8 Å². The number of carbonyl (C=O) groups excluding carboxylic acids is 1. The highest BCUT2D eigenvalue weighted by Gasteiger charge is 2.10. The van der Waals surface area contributed by atoms with E-state index in [0.29, 0.717) is 12.1 Å². The predicted molar refractivity (Wildman–Crippen MR) is 87.8 cm³/mol. The molecule has 2 aromatic carbocycles. The second kappa shape index (κ2) is 7.09. The topological polar surface area (TPSA) is 52.6 Å². The zero-order chi connectivity index (χ0) is 16.1. The van der Waals surface area contributed by atoms with E-state index in [1.807, 2.05) is 39.2 Å². The SMILES string of the molecule is Cc1ccc(C(=O)NCc2ccc(CN(C)C)cc2)c(O)c1. The largest absolute Gasteiger partial charge is 0.507 e. The molecule has 0 saturated heterocycles. The van der Waals surface area contributed by atoms with Crippen molar-refractivity contribution in [2.45, 2.75) is 20.0 Å². The monoisotopic (exact) mass is 298 g/mol. The highest BCUT2D eigenvalue weighted by atomic mass is 16.3. The van der Waals surface area contributed by atoms with Crippen LogP contribution in [0.3, 0.4) is 0 Å². The zero-order valence-corrected chi connectivity index (χ0v) is 13.3. The van der Waals surface area contributed by atoms with Crippen LogP contribution in [-0.2, 0) is 13.1 Å². The van der Waals surface area contributed by atoms with Crippen molar-refractivity contribution < 1.29 is 9.90 Å². The Balaban J connectivity index is 1.96. The van der Waals surface area contributed by atoms with Crippen molar-refractivity contribution in [3.63, 3.8) is 0 Å². The maximum atomic E-state index is 12.1. The van der Waals surface area contributed by atoms with Gasteiger partial charge >= 0.3 is 0 Å².